The van der Waals surface area contributed by atoms with Crippen LogP contribution in [0, 0.1) is 0 Å². The summed E-state index contributed by atoms with van der Waals surface area (Å²) in [5.74, 6) is 0.998. The molecule has 0 saturated carbocycles. The van der Waals surface area contributed by atoms with Crippen molar-refractivity contribution in [3.63, 3.8) is 0 Å². The van der Waals surface area contributed by atoms with E-state index in [9.17, 15) is 4.79 Å². The Balaban J connectivity index is 1.37. The van der Waals surface area contributed by atoms with Crippen LogP contribution < -0.4 is 19.6 Å². The van der Waals surface area contributed by atoms with E-state index in [-0.39, 0.29) is 6.61 Å². The van der Waals surface area contributed by atoms with Crippen LogP contribution in [0.5, 0.6) is 17.2 Å². The van der Waals surface area contributed by atoms with E-state index in [1.54, 1.807) is 36.5 Å². The van der Waals surface area contributed by atoms with E-state index in [1.807, 2.05) is 43.3 Å². The molecule has 0 aliphatic rings. The second-order valence-corrected chi connectivity index (χ2v) is 8.43. The van der Waals surface area contributed by atoms with Gasteiger partial charge in [0.15, 0.2) is 18.1 Å². The molecular formula is C27H23Cl2N3O4. The summed E-state index contributed by atoms with van der Waals surface area (Å²) >= 11 is 12.4. The molecule has 7 nitrogen and oxygen atoms in total. The number of rotatable bonds is 10. The van der Waals surface area contributed by atoms with Gasteiger partial charge in [0.1, 0.15) is 17.9 Å². The maximum atomic E-state index is 12.2. The van der Waals surface area contributed by atoms with Crippen LogP contribution in [0.3, 0.4) is 0 Å². The molecule has 3 aromatic carbocycles. The number of benzene rings is 3. The number of nitrogens with zero attached hydrogens (tertiary/aromatic N) is 2. The number of amides is 1. The highest BCUT2D eigenvalue weighted by Crippen LogP contribution is 2.37. The smallest absolute Gasteiger partial charge is 0.277 e. The molecular weight excluding hydrogens is 501 g/mol. The first-order valence-corrected chi connectivity index (χ1v) is 11.9. The van der Waals surface area contributed by atoms with E-state index in [4.69, 9.17) is 37.4 Å². The first kappa shape index (κ1) is 25.3. The lowest BCUT2D eigenvalue weighted by molar-refractivity contribution is -0.123. The van der Waals surface area contributed by atoms with Crippen molar-refractivity contribution >= 4 is 46.2 Å². The highest BCUT2D eigenvalue weighted by molar-refractivity contribution is 6.32. The van der Waals surface area contributed by atoms with Crippen molar-refractivity contribution < 1.29 is 19.0 Å². The number of carbonyl (C=O) groups is 1. The molecule has 4 aromatic rings. The quantitative estimate of drug-likeness (QED) is 0.202. The van der Waals surface area contributed by atoms with Gasteiger partial charge < -0.3 is 14.2 Å². The van der Waals surface area contributed by atoms with Gasteiger partial charge in [-0.3, -0.25) is 9.78 Å². The van der Waals surface area contributed by atoms with Gasteiger partial charge in [0.25, 0.3) is 5.91 Å². The Labute approximate surface area is 218 Å². The topological polar surface area (TPSA) is 82.0 Å². The maximum absolute atomic E-state index is 12.2. The largest absolute Gasteiger partial charge is 0.490 e. The molecule has 1 aromatic heterocycles. The number of hydrogen-bond acceptors (Lipinski definition) is 6. The summed E-state index contributed by atoms with van der Waals surface area (Å²) in [4.78, 5) is 16.5. The minimum atomic E-state index is -0.418. The SMILES string of the molecule is CCOc1cc(/C=N/NC(=O)COc2cccc3cccnc23)cc(Cl)c1OCc1ccc(Cl)cc1. The summed E-state index contributed by atoms with van der Waals surface area (Å²) in [6.07, 6.45) is 3.14. The van der Waals surface area contributed by atoms with Gasteiger partial charge in [0.2, 0.25) is 0 Å². The minimum Gasteiger partial charge on any atom is -0.490 e. The van der Waals surface area contributed by atoms with Crippen LogP contribution in [0.15, 0.2) is 78.0 Å². The molecule has 0 spiro atoms. The zero-order valence-corrected chi connectivity index (χ0v) is 20.9. The molecule has 0 unspecified atom stereocenters. The van der Waals surface area contributed by atoms with Crippen molar-refractivity contribution in [2.24, 2.45) is 5.10 Å². The second kappa shape index (κ2) is 12.2. The van der Waals surface area contributed by atoms with E-state index in [0.717, 1.165) is 10.9 Å². The zero-order chi connectivity index (χ0) is 25.3. The van der Waals surface area contributed by atoms with Gasteiger partial charge >= 0.3 is 0 Å². The average molecular weight is 524 g/mol. The predicted molar refractivity (Wildman–Crippen MR) is 141 cm³/mol. The molecule has 36 heavy (non-hydrogen) atoms. The van der Waals surface area contributed by atoms with Crippen molar-refractivity contribution in [2.45, 2.75) is 13.5 Å². The van der Waals surface area contributed by atoms with Crippen molar-refractivity contribution in [3.8, 4) is 17.2 Å². The molecule has 4 rings (SSSR count). The number of fused-ring (bicyclic) bond motifs is 1. The Hall–Kier alpha value is -3.81. The van der Waals surface area contributed by atoms with Crippen molar-refractivity contribution in [1.29, 1.82) is 0 Å². The van der Waals surface area contributed by atoms with Crippen LogP contribution in [0.25, 0.3) is 10.9 Å². The maximum Gasteiger partial charge on any atom is 0.277 e. The van der Waals surface area contributed by atoms with Crippen molar-refractivity contribution in [1.82, 2.24) is 10.4 Å². The van der Waals surface area contributed by atoms with Gasteiger partial charge in [-0.2, -0.15) is 5.10 Å². The average Bonchev–Trinajstić information content (AvgIpc) is 2.88. The summed E-state index contributed by atoms with van der Waals surface area (Å²) < 4.78 is 17.2. The van der Waals surface area contributed by atoms with Gasteiger partial charge in [0.05, 0.1) is 17.8 Å². The van der Waals surface area contributed by atoms with E-state index in [2.05, 4.69) is 15.5 Å². The molecule has 1 amide bonds. The highest BCUT2D eigenvalue weighted by Gasteiger charge is 2.13. The zero-order valence-electron chi connectivity index (χ0n) is 19.4. The molecule has 184 valence electrons. The van der Waals surface area contributed by atoms with Gasteiger partial charge in [0, 0.05) is 16.6 Å². The third-order valence-corrected chi connectivity index (χ3v) is 5.52. The number of halogens is 2. The molecule has 0 bridgehead atoms. The van der Waals surface area contributed by atoms with Gasteiger partial charge in [-0.25, -0.2) is 5.43 Å². The van der Waals surface area contributed by atoms with E-state index >= 15 is 0 Å². The molecule has 0 aliphatic heterocycles. The summed E-state index contributed by atoms with van der Waals surface area (Å²) in [5, 5.41) is 5.94. The van der Waals surface area contributed by atoms with E-state index in [1.165, 1.54) is 6.21 Å². The predicted octanol–water partition coefficient (Wildman–Crippen LogP) is 6.05. The summed E-state index contributed by atoms with van der Waals surface area (Å²) in [7, 11) is 0. The summed E-state index contributed by atoms with van der Waals surface area (Å²) in [5.41, 5.74) is 4.70. The van der Waals surface area contributed by atoms with Crippen LogP contribution in [-0.4, -0.2) is 30.3 Å². The van der Waals surface area contributed by atoms with Gasteiger partial charge in [-0.05, 0) is 54.4 Å². The number of hydrazone groups is 1. The summed E-state index contributed by atoms with van der Waals surface area (Å²) in [6, 6.07) is 20.1. The molecule has 0 fully saturated rings. The number of para-hydroxylation sites is 1. The normalized spacial score (nSPS) is 11.0. The molecule has 0 radical (unpaired) electrons. The van der Waals surface area contributed by atoms with Crippen molar-refractivity contribution in [2.75, 3.05) is 13.2 Å². The van der Waals surface area contributed by atoms with Crippen LogP contribution in [-0.2, 0) is 11.4 Å². The molecule has 0 aliphatic carbocycles. The third kappa shape index (κ3) is 6.65. The van der Waals surface area contributed by atoms with Crippen LogP contribution in [0.4, 0.5) is 0 Å². The fourth-order valence-corrected chi connectivity index (χ4v) is 3.75. The minimum absolute atomic E-state index is 0.213. The second-order valence-electron chi connectivity index (χ2n) is 7.59. The van der Waals surface area contributed by atoms with Gasteiger partial charge in [-0.15, -0.1) is 0 Å². The first-order chi connectivity index (χ1) is 17.5. The molecule has 1 N–H and O–H groups in total. The lowest BCUT2D eigenvalue weighted by atomic mass is 10.2. The number of hydrogen-bond donors (Lipinski definition) is 1. The fraction of sp³-hybridized carbons (Fsp3) is 0.148. The number of aromatic nitrogens is 1. The number of ether oxygens (including phenoxy) is 3. The van der Waals surface area contributed by atoms with Crippen LogP contribution in [0.1, 0.15) is 18.1 Å². The summed E-state index contributed by atoms with van der Waals surface area (Å²) in [6.45, 7) is 2.37. The van der Waals surface area contributed by atoms with Crippen LogP contribution >= 0.6 is 23.2 Å². The Bertz CT molecular complexity index is 1370. The van der Waals surface area contributed by atoms with E-state index in [0.29, 0.717) is 51.6 Å². The van der Waals surface area contributed by atoms with Gasteiger partial charge in [-0.1, -0.05) is 53.5 Å². The number of carbonyl (C=O) groups excluding carboxylic acids is 1. The van der Waals surface area contributed by atoms with Crippen LogP contribution in [0.2, 0.25) is 10.0 Å². The highest BCUT2D eigenvalue weighted by atomic mass is 35.5. The molecule has 1 heterocycles. The first-order valence-electron chi connectivity index (χ1n) is 11.2. The van der Waals surface area contributed by atoms with E-state index < -0.39 is 5.91 Å². The Kier molecular flexibility index (Phi) is 8.60. The number of nitrogens with one attached hydrogen (secondary N) is 1. The lowest BCUT2D eigenvalue weighted by Crippen LogP contribution is -2.24. The molecule has 9 heteroatoms. The number of pyridine rings is 1. The van der Waals surface area contributed by atoms with Crippen molar-refractivity contribution in [3.05, 3.63) is 94.1 Å². The third-order valence-electron chi connectivity index (χ3n) is 4.99. The molecule has 0 atom stereocenters. The monoisotopic (exact) mass is 523 g/mol. The fourth-order valence-electron chi connectivity index (χ4n) is 3.35. The Morgan fingerprint density at radius 2 is 1.81 bits per heavy atom. The molecule has 0 saturated heterocycles. The lowest BCUT2D eigenvalue weighted by Gasteiger charge is -2.14. The standard InChI is InChI=1S/C27H23Cl2N3O4/c1-2-34-24-14-19(13-22(29)27(24)36-16-18-8-10-21(28)11-9-18)15-31-32-25(33)17-35-23-7-3-5-20-6-4-12-30-26(20)23/h3-15H,2,16-17H2,1H3,(H,32,33)/b31-15+. The Morgan fingerprint density at radius 3 is 2.61 bits per heavy atom. The Morgan fingerprint density at radius 1 is 1.00 bits per heavy atom.